The molecule has 0 unspecified atom stereocenters. The number of carbonyl (C=O) groups is 2. The van der Waals surface area contributed by atoms with Crippen LogP contribution in [-0.4, -0.2) is 45.9 Å². The predicted octanol–water partition coefficient (Wildman–Crippen LogP) is 4.96. The van der Waals surface area contributed by atoms with Crippen LogP contribution in [0.2, 0.25) is 0 Å². The van der Waals surface area contributed by atoms with Crippen LogP contribution in [0.25, 0.3) is 0 Å². The molecule has 1 aromatic heterocycles. The number of amides is 3. The maximum Gasteiger partial charge on any atom is 0.322 e. The van der Waals surface area contributed by atoms with E-state index >= 15 is 0 Å². The van der Waals surface area contributed by atoms with Crippen molar-refractivity contribution in [2.75, 3.05) is 25.0 Å². The molecule has 2 aromatic rings. The summed E-state index contributed by atoms with van der Waals surface area (Å²) in [4.78, 5) is 29.6. The van der Waals surface area contributed by atoms with Crippen LogP contribution >= 0.6 is 15.9 Å². The van der Waals surface area contributed by atoms with Crippen molar-refractivity contribution >= 4 is 33.6 Å². The Kier molecular flexibility index (Phi) is 8.96. The van der Waals surface area contributed by atoms with Crippen LogP contribution in [0, 0.1) is 11.8 Å². The lowest BCUT2D eigenvalue weighted by atomic mass is 10.2. The monoisotopic (exact) mass is 476 g/mol. The number of nitrogens with one attached hydrogen (secondary N) is 1. The van der Waals surface area contributed by atoms with Crippen molar-refractivity contribution in [3.8, 4) is 0 Å². The Balaban J connectivity index is 2.12. The molecular formula is C23H33BrN4O2. The number of benzene rings is 1. The van der Waals surface area contributed by atoms with Gasteiger partial charge in [0.1, 0.15) is 6.54 Å². The van der Waals surface area contributed by atoms with Crippen molar-refractivity contribution in [2.45, 2.75) is 34.2 Å². The minimum atomic E-state index is -0.261. The number of nitrogens with zero attached hydrogens (tertiary/aromatic N) is 3. The number of rotatable bonds is 9. The molecule has 1 aromatic carbocycles. The molecule has 2 rings (SSSR count). The van der Waals surface area contributed by atoms with Gasteiger partial charge in [0.05, 0.1) is 6.54 Å². The SMILES string of the molecule is CC(C)CN(Cc1cccn1C)C(=O)CN(CC(C)C)C(=O)Nc1ccc(Br)cc1. The normalized spacial score (nSPS) is 11.1. The summed E-state index contributed by atoms with van der Waals surface area (Å²) in [6.45, 7) is 10.0. The van der Waals surface area contributed by atoms with Gasteiger partial charge in [-0.3, -0.25) is 4.79 Å². The van der Waals surface area contributed by atoms with Crippen molar-refractivity contribution in [2.24, 2.45) is 18.9 Å². The fourth-order valence-corrected chi connectivity index (χ4v) is 3.48. The second-order valence-electron chi connectivity index (χ2n) is 8.49. The van der Waals surface area contributed by atoms with Crippen molar-refractivity contribution in [3.63, 3.8) is 0 Å². The Morgan fingerprint density at radius 3 is 2.13 bits per heavy atom. The Hall–Kier alpha value is -2.28. The number of hydrogen-bond donors (Lipinski definition) is 1. The zero-order valence-electron chi connectivity index (χ0n) is 18.6. The van der Waals surface area contributed by atoms with Crippen LogP contribution < -0.4 is 5.32 Å². The lowest BCUT2D eigenvalue weighted by Crippen LogP contribution is -2.46. The summed E-state index contributed by atoms with van der Waals surface area (Å²) in [7, 11) is 1.98. The highest BCUT2D eigenvalue weighted by atomic mass is 79.9. The van der Waals surface area contributed by atoms with Crippen molar-refractivity contribution < 1.29 is 9.59 Å². The second kappa shape index (κ2) is 11.2. The molecule has 0 aliphatic heterocycles. The van der Waals surface area contributed by atoms with Gasteiger partial charge in [-0.15, -0.1) is 0 Å². The minimum Gasteiger partial charge on any atom is -0.353 e. The Morgan fingerprint density at radius 2 is 1.60 bits per heavy atom. The summed E-state index contributed by atoms with van der Waals surface area (Å²) in [6.07, 6.45) is 1.98. The summed E-state index contributed by atoms with van der Waals surface area (Å²) in [5, 5.41) is 2.91. The van der Waals surface area contributed by atoms with E-state index < -0.39 is 0 Å². The molecule has 0 atom stereocenters. The number of aryl methyl sites for hydroxylation is 1. The van der Waals surface area contributed by atoms with E-state index in [0.717, 1.165) is 10.2 Å². The number of hydrogen-bond acceptors (Lipinski definition) is 2. The van der Waals surface area contributed by atoms with E-state index in [-0.39, 0.29) is 24.4 Å². The minimum absolute atomic E-state index is 0.0449. The van der Waals surface area contributed by atoms with E-state index in [1.807, 2.05) is 73.0 Å². The first-order valence-corrected chi connectivity index (χ1v) is 11.1. The van der Waals surface area contributed by atoms with Gasteiger partial charge < -0.3 is 19.7 Å². The van der Waals surface area contributed by atoms with Gasteiger partial charge in [0.2, 0.25) is 5.91 Å². The molecule has 0 bridgehead atoms. The quantitative estimate of drug-likeness (QED) is 0.555. The first-order valence-electron chi connectivity index (χ1n) is 10.3. The first-order chi connectivity index (χ1) is 14.2. The van der Waals surface area contributed by atoms with Crippen LogP contribution in [0.5, 0.6) is 0 Å². The van der Waals surface area contributed by atoms with E-state index in [0.29, 0.717) is 31.2 Å². The van der Waals surface area contributed by atoms with E-state index in [1.165, 1.54) is 0 Å². The van der Waals surface area contributed by atoms with Crippen LogP contribution in [0.15, 0.2) is 47.1 Å². The number of anilines is 1. The molecule has 0 aliphatic rings. The van der Waals surface area contributed by atoms with Crippen LogP contribution in [-0.2, 0) is 18.4 Å². The molecule has 0 fully saturated rings. The Morgan fingerprint density at radius 1 is 1.00 bits per heavy atom. The largest absolute Gasteiger partial charge is 0.353 e. The van der Waals surface area contributed by atoms with Gasteiger partial charge in [-0.2, -0.15) is 0 Å². The molecule has 6 nitrogen and oxygen atoms in total. The van der Waals surface area contributed by atoms with Gasteiger partial charge in [0, 0.05) is 42.2 Å². The highest BCUT2D eigenvalue weighted by Gasteiger charge is 2.23. The smallest absolute Gasteiger partial charge is 0.322 e. The Labute approximate surface area is 188 Å². The maximum atomic E-state index is 13.2. The molecule has 30 heavy (non-hydrogen) atoms. The van der Waals surface area contributed by atoms with E-state index in [9.17, 15) is 9.59 Å². The average Bonchev–Trinajstić information content (AvgIpc) is 3.06. The van der Waals surface area contributed by atoms with Gasteiger partial charge in [-0.05, 0) is 48.2 Å². The molecule has 0 radical (unpaired) electrons. The predicted molar refractivity (Wildman–Crippen MR) is 125 cm³/mol. The third kappa shape index (κ3) is 7.52. The van der Waals surface area contributed by atoms with Crippen molar-refractivity contribution in [1.82, 2.24) is 14.4 Å². The number of aromatic nitrogens is 1. The number of urea groups is 1. The highest BCUT2D eigenvalue weighted by molar-refractivity contribution is 9.10. The highest BCUT2D eigenvalue weighted by Crippen LogP contribution is 2.15. The zero-order chi connectivity index (χ0) is 22.3. The fourth-order valence-electron chi connectivity index (χ4n) is 3.21. The summed E-state index contributed by atoms with van der Waals surface area (Å²) >= 11 is 3.40. The molecule has 0 aliphatic carbocycles. The van der Waals surface area contributed by atoms with Crippen molar-refractivity contribution in [3.05, 3.63) is 52.8 Å². The topological polar surface area (TPSA) is 57.6 Å². The fraction of sp³-hybridized carbons (Fsp3) is 0.478. The van der Waals surface area contributed by atoms with Crippen LogP contribution in [0.3, 0.4) is 0 Å². The van der Waals surface area contributed by atoms with Crippen LogP contribution in [0.1, 0.15) is 33.4 Å². The molecule has 0 spiro atoms. The molecule has 1 N–H and O–H groups in total. The molecule has 164 valence electrons. The third-order valence-electron chi connectivity index (χ3n) is 4.64. The van der Waals surface area contributed by atoms with Gasteiger partial charge >= 0.3 is 6.03 Å². The average molecular weight is 477 g/mol. The number of carbonyl (C=O) groups excluding carboxylic acids is 2. The molecule has 0 saturated carbocycles. The number of halogens is 1. The van der Waals surface area contributed by atoms with E-state index in [1.54, 1.807) is 4.90 Å². The summed E-state index contributed by atoms with van der Waals surface area (Å²) in [5.74, 6) is 0.542. The maximum absolute atomic E-state index is 13.2. The Bertz CT molecular complexity index is 830. The summed E-state index contributed by atoms with van der Waals surface area (Å²) in [6, 6.07) is 11.1. The zero-order valence-corrected chi connectivity index (χ0v) is 20.1. The molecule has 1 heterocycles. The first kappa shape index (κ1) is 24.0. The van der Waals surface area contributed by atoms with Gasteiger partial charge in [0.25, 0.3) is 0 Å². The molecule has 7 heteroatoms. The molecule has 0 saturated heterocycles. The van der Waals surface area contributed by atoms with Crippen molar-refractivity contribution in [1.29, 1.82) is 0 Å². The summed E-state index contributed by atoms with van der Waals surface area (Å²) in [5.41, 5.74) is 1.77. The lowest BCUT2D eigenvalue weighted by Gasteiger charge is -2.30. The standard InChI is InChI=1S/C23H33BrN4O2/c1-17(2)13-27(15-21-7-6-12-26(21)5)22(29)16-28(14-18(3)4)23(30)25-20-10-8-19(24)9-11-20/h6-12,17-18H,13-16H2,1-5H3,(H,25,30). The lowest BCUT2D eigenvalue weighted by molar-refractivity contribution is -0.133. The second-order valence-corrected chi connectivity index (χ2v) is 9.41. The van der Waals surface area contributed by atoms with Gasteiger partial charge in [-0.1, -0.05) is 43.6 Å². The summed E-state index contributed by atoms with van der Waals surface area (Å²) < 4.78 is 2.96. The molecular weight excluding hydrogens is 444 g/mol. The van der Waals surface area contributed by atoms with Gasteiger partial charge in [-0.25, -0.2) is 4.79 Å². The van der Waals surface area contributed by atoms with Crippen LogP contribution in [0.4, 0.5) is 10.5 Å². The third-order valence-corrected chi connectivity index (χ3v) is 5.17. The van der Waals surface area contributed by atoms with E-state index in [2.05, 4.69) is 35.1 Å². The van der Waals surface area contributed by atoms with Gasteiger partial charge in [0.15, 0.2) is 0 Å². The van der Waals surface area contributed by atoms with E-state index in [4.69, 9.17) is 0 Å². The molecule has 3 amide bonds.